The Morgan fingerprint density at radius 2 is 2.11 bits per heavy atom. The monoisotopic (exact) mass is 261 g/mol. The lowest BCUT2D eigenvalue weighted by atomic mass is 9.89. The molecule has 1 aromatic carbocycles. The molecule has 0 saturated heterocycles. The summed E-state index contributed by atoms with van der Waals surface area (Å²) >= 11 is 1.78. The summed E-state index contributed by atoms with van der Waals surface area (Å²) in [5, 5.41) is 9.95. The van der Waals surface area contributed by atoms with Crippen molar-refractivity contribution in [2.45, 2.75) is 25.3 Å². The van der Waals surface area contributed by atoms with Gasteiger partial charge in [0.2, 0.25) is 0 Å². The van der Waals surface area contributed by atoms with Gasteiger partial charge in [0.15, 0.2) is 0 Å². The Kier molecular flexibility index (Phi) is 3.66. The first kappa shape index (κ1) is 13.0. The van der Waals surface area contributed by atoms with E-state index in [0.29, 0.717) is 0 Å². The van der Waals surface area contributed by atoms with Crippen molar-refractivity contribution in [2.75, 3.05) is 5.75 Å². The third-order valence-corrected chi connectivity index (χ3v) is 4.16. The fraction of sp³-hybridized carbons (Fsp3) is 0.357. The molecule has 96 valence electrons. The maximum Gasteiger partial charge on any atom is 0.0963 e. The van der Waals surface area contributed by atoms with Crippen LogP contribution in [0, 0.1) is 10.8 Å². The van der Waals surface area contributed by atoms with Gasteiger partial charge in [0.05, 0.1) is 10.9 Å². The standard InChI is InChI=1S/C14H19N3S/c1-14(2,13(15)16)7-8-18-12-9-10-5-3-4-6-11(10)17-12/h3-6,9,17H,7-8H2,1-2H3,(H3,15,16). The molecule has 0 unspecified atom stereocenters. The Labute approximate surface area is 112 Å². The molecule has 0 atom stereocenters. The summed E-state index contributed by atoms with van der Waals surface area (Å²) in [5.74, 6) is 1.22. The van der Waals surface area contributed by atoms with Crippen LogP contribution in [0.5, 0.6) is 0 Å². The minimum absolute atomic E-state index is 0.209. The van der Waals surface area contributed by atoms with E-state index in [1.165, 1.54) is 15.9 Å². The molecule has 0 aliphatic heterocycles. The summed E-state index contributed by atoms with van der Waals surface area (Å²) in [7, 11) is 0. The number of hydrogen-bond donors (Lipinski definition) is 3. The maximum atomic E-state index is 7.53. The van der Waals surface area contributed by atoms with Crippen molar-refractivity contribution in [1.82, 2.24) is 4.98 Å². The number of nitrogens with one attached hydrogen (secondary N) is 2. The van der Waals surface area contributed by atoms with Gasteiger partial charge in [0.1, 0.15) is 0 Å². The zero-order valence-electron chi connectivity index (χ0n) is 10.8. The Balaban J connectivity index is 1.96. The van der Waals surface area contributed by atoms with Crippen molar-refractivity contribution in [3.05, 3.63) is 30.3 Å². The molecule has 0 amide bonds. The Hall–Kier alpha value is -1.42. The number of nitrogens with two attached hydrogens (primary N) is 1. The Morgan fingerprint density at radius 3 is 2.78 bits per heavy atom. The summed E-state index contributed by atoms with van der Waals surface area (Å²) in [4.78, 5) is 3.39. The Morgan fingerprint density at radius 1 is 1.39 bits per heavy atom. The summed E-state index contributed by atoms with van der Waals surface area (Å²) < 4.78 is 0. The molecular weight excluding hydrogens is 242 g/mol. The van der Waals surface area contributed by atoms with Gasteiger partial charge in [-0.15, -0.1) is 11.8 Å². The van der Waals surface area contributed by atoms with Crippen LogP contribution in [0.4, 0.5) is 0 Å². The first-order valence-corrected chi connectivity index (χ1v) is 7.03. The molecule has 0 aliphatic rings. The predicted octanol–water partition coefficient (Wildman–Crippen LogP) is 3.61. The first-order valence-electron chi connectivity index (χ1n) is 6.04. The molecular formula is C14H19N3S. The number of fused-ring (bicyclic) bond motifs is 1. The third-order valence-electron chi connectivity index (χ3n) is 3.22. The summed E-state index contributed by atoms with van der Waals surface area (Å²) in [6, 6.07) is 10.4. The molecule has 0 fully saturated rings. The Bertz CT molecular complexity index is 524. The number of amidine groups is 1. The molecule has 1 aromatic heterocycles. The quantitative estimate of drug-likeness (QED) is 0.437. The van der Waals surface area contributed by atoms with Gasteiger partial charge in [-0.1, -0.05) is 32.0 Å². The van der Waals surface area contributed by atoms with Crippen molar-refractivity contribution < 1.29 is 0 Å². The zero-order chi connectivity index (χ0) is 13.2. The third kappa shape index (κ3) is 2.88. The van der Waals surface area contributed by atoms with Gasteiger partial charge in [0.25, 0.3) is 0 Å². The number of benzene rings is 1. The first-order chi connectivity index (χ1) is 8.49. The number of hydrogen-bond acceptors (Lipinski definition) is 2. The average Bonchev–Trinajstić information content (AvgIpc) is 2.70. The van der Waals surface area contributed by atoms with Gasteiger partial charge in [0, 0.05) is 22.1 Å². The molecule has 0 saturated carbocycles. The molecule has 0 aliphatic carbocycles. The van der Waals surface area contributed by atoms with E-state index in [9.17, 15) is 0 Å². The van der Waals surface area contributed by atoms with E-state index in [2.05, 4.69) is 23.2 Å². The van der Waals surface area contributed by atoms with Crippen molar-refractivity contribution in [3.63, 3.8) is 0 Å². The second-order valence-electron chi connectivity index (χ2n) is 5.12. The zero-order valence-corrected chi connectivity index (χ0v) is 11.6. The number of aromatic amines is 1. The molecule has 1 heterocycles. The van der Waals surface area contributed by atoms with E-state index in [4.69, 9.17) is 11.1 Å². The van der Waals surface area contributed by atoms with Crippen LogP contribution >= 0.6 is 11.8 Å². The molecule has 4 heteroatoms. The highest BCUT2D eigenvalue weighted by Crippen LogP contribution is 2.28. The molecule has 3 nitrogen and oxygen atoms in total. The number of H-pyrrole nitrogens is 1. The summed E-state index contributed by atoms with van der Waals surface area (Å²) in [6.07, 6.45) is 0.905. The molecule has 2 aromatic rings. The maximum absolute atomic E-state index is 7.53. The van der Waals surface area contributed by atoms with Gasteiger partial charge >= 0.3 is 0 Å². The van der Waals surface area contributed by atoms with Crippen LogP contribution in [0.3, 0.4) is 0 Å². The molecule has 0 bridgehead atoms. The lowest BCUT2D eigenvalue weighted by Crippen LogP contribution is -2.31. The second-order valence-corrected chi connectivity index (χ2v) is 6.25. The van der Waals surface area contributed by atoms with Crippen molar-refractivity contribution >= 4 is 28.5 Å². The fourth-order valence-electron chi connectivity index (χ4n) is 1.68. The second kappa shape index (κ2) is 5.06. The van der Waals surface area contributed by atoms with Crippen molar-refractivity contribution in [2.24, 2.45) is 11.1 Å². The topological polar surface area (TPSA) is 65.7 Å². The normalized spacial score (nSPS) is 11.9. The van der Waals surface area contributed by atoms with Gasteiger partial charge in [-0.25, -0.2) is 0 Å². The van der Waals surface area contributed by atoms with E-state index >= 15 is 0 Å². The SMILES string of the molecule is CC(C)(CCSc1cc2ccccc2[nH]1)C(=N)N. The van der Waals surface area contributed by atoms with Crippen LogP contribution in [0.15, 0.2) is 35.4 Å². The van der Waals surface area contributed by atoms with Gasteiger partial charge in [-0.2, -0.15) is 0 Å². The summed E-state index contributed by atoms with van der Waals surface area (Å²) in [5.41, 5.74) is 6.54. The van der Waals surface area contributed by atoms with Crippen LogP contribution in [0.2, 0.25) is 0 Å². The van der Waals surface area contributed by atoms with Crippen LogP contribution in [-0.2, 0) is 0 Å². The van der Waals surface area contributed by atoms with Gasteiger partial charge in [-0.3, -0.25) is 5.41 Å². The minimum Gasteiger partial charge on any atom is -0.387 e. The highest BCUT2D eigenvalue weighted by Gasteiger charge is 2.21. The van der Waals surface area contributed by atoms with E-state index in [-0.39, 0.29) is 11.3 Å². The van der Waals surface area contributed by atoms with E-state index in [1.807, 2.05) is 26.0 Å². The highest BCUT2D eigenvalue weighted by atomic mass is 32.2. The van der Waals surface area contributed by atoms with Gasteiger partial charge in [-0.05, 0) is 18.6 Å². The fourth-order valence-corrected chi connectivity index (χ4v) is 2.90. The number of para-hydroxylation sites is 1. The van der Waals surface area contributed by atoms with Crippen LogP contribution in [-0.4, -0.2) is 16.6 Å². The smallest absolute Gasteiger partial charge is 0.0963 e. The molecule has 4 N–H and O–H groups in total. The largest absolute Gasteiger partial charge is 0.387 e. The lowest BCUT2D eigenvalue weighted by molar-refractivity contribution is 0.500. The minimum atomic E-state index is -0.209. The number of rotatable bonds is 5. The molecule has 18 heavy (non-hydrogen) atoms. The van der Waals surface area contributed by atoms with Gasteiger partial charge < -0.3 is 10.7 Å². The van der Waals surface area contributed by atoms with Crippen LogP contribution in [0.25, 0.3) is 10.9 Å². The number of thioether (sulfide) groups is 1. The molecule has 0 spiro atoms. The van der Waals surface area contributed by atoms with Crippen LogP contribution < -0.4 is 5.73 Å². The molecule has 2 rings (SSSR count). The van der Waals surface area contributed by atoms with Crippen molar-refractivity contribution in [3.8, 4) is 0 Å². The van der Waals surface area contributed by atoms with E-state index in [1.54, 1.807) is 11.8 Å². The highest BCUT2D eigenvalue weighted by molar-refractivity contribution is 7.99. The van der Waals surface area contributed by atoms with Crippen LogP contribution in [0.1, 0.15) is 20.3 Å². The predicted molar refractivity (Wildman–Crippen MR) is 79.3 cm³/mol. The molecule has 0 radical (unpaired) electrons. The van der Waals surface area contributed by atoms with Crippen molar-refractivity contribution in [1.29, 1.82) is 5.41 Å². The van der Waals surface area contributed by atoms with E-state index in [0.717, 1.165) is 12.2 Å². The van der Waals surface area contributed by atoms with E-state index < -0.39 is 0 Å². The summed E-state index contributed by atoms with van der Waals surface area (Å²) in [6.45, 7) is 4.03. The lowest BCUT2D eigenvalue weighted by Gasteiger charge is -2.22. The average molecular weight is 261 g/mol. The number of aromatic nitrogens is 1.